The van der Waals surface area contributed by atoms with Gasteiger partial charge in [0.1, 0.15) is 0 Å². The molecule has 0 saturated carbocycles. The molecule has 0 amide bonds. The molecule has 0 rings (SSSR count). The molecule has 0 saturated heterocycles. The van der Waals surface area contributed by atoms with Crippen LogP contribution in [-0.4, -0.2) is 5.97 Å². The van der Waals surface area contributed by atoms with Crippen molar-refractivity contribution in [3.8, 4) is 0 Å². The van der Waals surface area contributed by atoms with Gasteiger partial charge in [-0.2, -0.15) is 0 Å². The van der Waals surface area contributed by atoms with Gasteiger partial charge >= 0.3 is 0 Å². The van der Waals surface area contributed by atoms with Crippen LogP contribution in [-0.2, 0) is 4.79 Å². The summed E-state index contributed by atoms with van der Waals surface area (Å²) in [6.45, 7) is 4.59. The lowest BCUT2D eigenvalue weighted by Crippen LogP contribution is -2.21. The van der Waals surface area contributed by atoms with Crippen molar-refractivity contribution >= 4 is 5.97 Å². The van der Waals surface area contributed by atoms with Gasteiger partial charge in [0.2, 0.25) is 0 Å². The van der Waals surface area contributed by atoms with Crippen LogP contribution in [0.25, 0.3) is 0 Å². The van der Waals surface area contributed by atoms with Crippen molar-refractivity contribution in [3.05, 3.63) is 0 Å². The number of hydrogen-bond acceptors (Lipinski definition) is 2. The van der Waals surface area contributed by atoms with Gasteiger partial charge in [-0.1, -0.05) is 71.6 Å². The van der Waals surface area contributed by atoms with Crippen molar-refractivity contribution in [1.29, 1.82) is 0 Å². The summed E-state index contributed by atoms with van der Waals surface area (Å²) in [7, 11) is 0. The fraction of sp³-hybridized carbons (Fsp3) is 0.933. The fourth-order valence-electron chi connectivity index (χ4n) is 2.03. The minimum Gasteiger partial charge on any atom is -0.550 e. The molecular weight excluding hydrogens is 212 g/mol. The zero-order chi connectivity index (χ0) is 12.9. The minimum atomic E-state index is -0.907. The SMILES string of the molecule is CC[C@H](C)CCCCCCCCCCC(=O)[O-]. The van der Waals surface area contributed by atoms with Gasteiger partial charge in [-0.3, -0.25) is 0 Å². The van der Waals surface area contributed by atoms with Crippen LogP contribution in [0.1, 0.15) is 84.5 Å². The van der Waals surface area contributed by atoms with E-state index in [4.69, 9.17) is 0 Å². The van der Waals surface area contributed by atoms with E-state index in [0.717, 1.165) is 18.8 Å². The number of carboxylic acids is 1. The number of hydrogen-bond donors (Lipinski definition) is 0. The molecule has 102 valence electrons. The predicted molar refractivity (Wildman–Crippen MR) is 70.6 cm³/mol. The Balaban J connectivity index is 3.01. The topological polar surface area (TPSA) is 40.1 Å². The van der Waals surface area contributed by atoms with Crippen LogP contribution in [0.2, 0.25) is 0 Å². The average Bonchev–Trinajstić information content (AvgIpc) is 2.30. The number of carbonyl (C=O) groups excluding carboxylic acids is 1. The van der Waals surface area contributed by atoms with Gasteiger partial charge in [0, 0.05) is 5.97 Å². The Hall–Kier alpha value is -0.530. The number of unbranched alkanes of at least 4 members (excludes halogenated alkanes) is 7. The van der Waals surface area contributed by atoms with Gasteiger partial charge in [-0.15, -0.1) is 0 Å². The largest absolute Gasteiger partial charge is 0.550 e. The molecule has 0 aliphatic carbocycles. The first-order chi connectivity index (χ1) is 8.16. The zero-order valence-corrected chi connectivity index (χ0v) is 11.7. The molecule has 0 aromatic heterocycles. The van der Waals surface area contributed by atoms with Gasteiger partial charge in [0.25, 0.3) is 0 Å². The summed E-state index contributed by atoms with van der Waals surface area (Å²) in [6, 6.07) is 0. The molecule has 0 bridgehead atoms. The summed E-state index contributed by atoms with van der Waals surface area (Å²) in [5.74, 6) is -0.0188. The normalized spacial score (nSPS) is 12.6. The third-order valence-corrected chi connectivity index (χ3v) is 3.52. The molecule has 0 aromatic carbocycles. The maximum Gasteiger partial charge on any atom is 0.0414 e. The van der Waals surface area contributed by atoms with Crippen LogP contribution >= 0.6 is 0 Å². The van der Waals surface area contributed by atoms with Crippen LogP contribution in [0, 0.1) is 5.92 Å². The Kier molecular flexibility index (Phi) is 11.6. The monoisotopic (exact) mass is 241 g/mol. The first kappa shape index (κ1) is 16.5. The number of rotatable bonds is 12. The lowest BCUT2D eigenvalue weighted by Gasteiger charge is -2.07. The third kappa shape index (κ3) is 13.4. The Morgan fingerprint density at radius 3 is 1.88 bits per heavy atom. The second-order valence-electron chi connectivity index (χ2n) is 5.25. The molecule has 0 fully saturated rings. The molecular formula is C15H29O2-. The summed E-state index contributed by atoms with van der Waals surface area (Å²) in [5.41, 5.74) is 0. The van der Waals surface area contributed by atoms with E-state index in [1.807, 2.05) is 0 Å². The van der Waals surface area contributed by atoms with Gasteiger partial charge in [0.05, 0.1) is 0 Å². The molecule has 17 heavy (non-hydrogen) atoms. The minimum absolute atomic E-state index is 0.231. The van der Waals surface area contributed by atoms with Crippen LogP contribution in [0.5, 0.6) is 0 Å². The summed E-state index contributed by atoms with van der Waals surface area (Å²) in [4.78, 5) is 10.2. The van der Waals surface area contributed by atoms with Crippen LogP contribution < -0.4 is 5.11 Å². The van der Waals surface area contributed by atoms with E-state index in [2.05, 4.69) is 13.8 Å². The number of carbonyl (C=O) groups is 1. The molecule has 0 aliphatic heterocycles. The first-order valence-corrected chi connectivity index (χ1v) is 7.36. The molecule has 0 aromatic rings. The summed E-state index contributed by atoms with van der Waals surface area (Å²) < 4.78 is 0. The van der Waals surface area contributed by atoms with Crippen LogP contribution in [0.4, 0.5) is 0 Å². The molecule has 2 heteroatoms. The molecule has 0 aliphatic rings. The van der Waals surface area contributed by atoms with Crippen molar-refractivity contribution in [2.75, 3.05) is 0 Å². The van der Waals surface area contributed by atoms with Crippen LogP contribution in [0.3, 0.4) is 0 Å². The summed E-state index contributed by atoms with van der Waals surface area (Å²) in [5, 5.41) is 10.2. The molecule has 0 unspecified atom stereocenters. The zero-order valence-electron chi connectivity index (χ0n) is 11.7. The van der Waals surface area contributed by atoms with Gasteiger partial charge in [0.15, 0.2) is 0 Å². The molecule has 0 radical (unpaired) electrons. The number of carboxylic acid groups (broad SMARTS) is 1. The van der Waals surface area contributed by atoms with Crippen molar-refractivity contribution in [1.82, 2.24) is 0 Å². The lowest BCUT2D eigenvalue weighted by atomic mass is 9.99. The Labute approximate surface area is 107 Å². The van der Waals surface area contributed by atoms with Crippen LogP contribution in [0.15, 0.2) is 0 Å². The quantitative estimate of drug-likeness (QED) is 0.489. The smallest absolute Gasteiger partial charge is 0.0414 e. The molecule has 0 N–H and O–H groups in total. The van der Waals surface area contributed by atoms with E-state index in [1.165, 1.54) is 51.4 Å². The highest BCUT2D eigenvalue weighted by Gasteiger charge is 1.98. The summed E-state index contributed by atoms with van der Waals surface area (Å²) in [6.07, 6.45) is 12.6. The van der Waals surface area contributed by atoms with Crippen molar-refractivity contribution in [2.45, 2.75) is 84.5 Å². The maximum atomic E-state index is 10.2. The Morgan fingerprint density at radius 2 is 1.41 bits per heavy atom. The predicted octanol–water partition coefficient (Wildman–Crippen LogP) is 3.68. The van der Waals surface area contributed by atoms with Crippen molar-refractivity contribution < 1.29 is 9.90 Å². The highest BCUT2D eigenvalue weighted by molar-refractivity contribution is 5.63. The third-order valence-electron chi connectivity index (χ3n) is 3.52. The Bertz CT molecular complexity index is 178. The first-order valence-electron chi connectivity index (χ1n) is 7.36. The highest BCUT2D eigenvalue weighted by atomic mass is 16.4. The second-order valence-corrected chi connectivity index (χ2v) is 5.25. The maximum absolute atomic E-state index is 10.2. The van der Waals surface area contributed by atoms with Crippen molar-refractivity contribution in [2.24, 2.45) is 5.92 Å². The fourth-order valence-corrected chi connectivity index (χ4v) is 2.03. The molecule has 2 nitrogen and oxygen atoms in total. The van der Waals surface area contributed by atoms with Crippen molar-refractivity contribution in [3.63, 3.8) is 0 Å². The van der Waals surface area contributed by atoms with Gasteiger partial charge in [-0.25, -0.2) is 0 Å². The van der Waals surface area contributed by atoms with E-state index in [0.29, 0.717) is 0 Å². The van der Waals surface area contributed by atoms with Gasteiger partial charge < -0.3 is 9.90 Å². The van der Waals surface area contributed by atoms with E-state index in [-0.39, 0.29) is 6.42 Å². The van der Waals surface area contributed by atoms with E-state index < -0.39 is 5.97 Å². The lowest BCUT2D eigenvalue weighted by molar-refractivity contribution is -0.305. The van der Waals surface area contributed by atoms with E-state index in [9.17, 15) is 9.90 Å². The standard InChI is InChI=1S/C15H30O2/c1-3-14(2)12-10-8-6-4-5-7-9-11-13-15(16)17/h14H,3-13H2,1-2H3,(H,16,17)/p-1/t14-/m0/s1. The Morgan fingerprint density at radius 1 is 0.941 bits per heavy atom. The second kappa shape index (κ2) is 11.9. The highest BCUT2D eigenvalue weighted by Crippen LogP contribution is 2.14. The van der Waals surface area contributed by atoms with E-state index in [1.54, 1.807) is 0 Å². The van der Waals surface area contributed by atoms with Gasteiger partial charge in [-0.05, 0) is 18.8 Å². The molecule has 0 heterocycles. The van der Waals surface area contributed by atoms with E-state index >= 15 is 0 Å². The molecule has 0 spiro atoms. The molecule has 1 atom stereocenters. The summed E-state index contributed by atoms with van der Waals surface area (Å²) >= 11 is 0. The number of aliphatic carboxylic acids is 1. The average molecular weight is 241 g/mol.